The fourth-order valence-corrected chi connectivity index (χ4v) is 1.53. The summed E-state index contributed by atoms with van der Waals surface area (Å²) in [6.07, 6.45) is 0. The van der Waals surface area contributed by atoms with Gasteiger partial charge in [-0.1, -0.05) is 15.9 Å². The third-order valence-electron chi connectivity index (χ3n) is 1.65. The molecule has 0 heterocycles. The molecular formula is C9H10BrFN2O. The number of benzene rings is 1. The molecule has 76 valence electrons. The maximum Gasteiger partial charge on any atom is 0.256 e. The molecule has 1 aromatic carbocycles. The van der Waals surface area contributed by atoms with Crippen LogP contribution in [-0.2, 0) is 0 Å². The minimum atomic E-state index is -0.622. The Hall–Kier alpha value is -1.10. The zero-order valence-corrected chi connectivity index (χ0v) is 9.19. The first kappa shape index (κ1) is 11.0. The van der Waals surface area contributed by atoms with Crippen LogP contribution in [0.15, 0.2) is 16.6 Å². The Bertz CT molecular complexity index is 345. The van der Waals surface area contributed by atoms with Gasteiger partial charge < -0.3 is 11.1 Å². The molecule has 1 amide bonds. The minimum absolute atomic E-state index is 0.102. The van der Waals surface area contributed by atoms with Crippen LogP contribution >= 0.6 is 15.9 Å². The summed E-state index contributed by atoms with van der Waals surface area (Å²) in [6, 6.07) is 2.70. The van der Waals surface area contributed by atoms with Crippen molar-refractivity contribution in [1.29, 1.82) is 0 Å². The number of nitrogens with two attached hydrogens (primary N) is 1. The molecule has 0 aliphatic heterocycles. The van der Waals surface area contributed by atoms with E-state index in [-0.39, 0.29) is 11.3 Å². The highest BCUT2D eigenvalue weighted by Gasteiger charge is 2.15. The van der Waals surface area contributed by atoms with Gasteiger partial charge >= 0.3 is 0 Å². The number of nitrogen functional groups attached to an aromatic ring is 1. The molecule has 3 N–H and O–H groups in total. The molecule has 0 aromatic heterocycles. The second kappa shape index (κ2) is 4.41. The number of carbonyl (C=O) groups is 1. The maximum atomic E-state index is 13.3. The van der Waals surface area contributed by atoms with Crippen molar-refractivity contribution in [2.24, 2.45) is 0 Å². The van der Waals surface area contributed by atoms with Crippen molar-refractivity contribution in [3.8, 4) is 0 Å². The number of anilines is 1. The van der Waals surface area contributed by atoms with Gasteiger partial charge in [-0.25, -0.2) is 4.39 Å². The first-order valence-electron chi connectivity index (χ1n) is 4.09. The molecule has 3 nitrogen and oxygen atoms in total. The zero-order chi connectivity index (χ0) is 10.7. The summed E-state index contributed by atoms with van der Waals surface area (Å²) in [7, 11) is 0. The van der Waals surface area contributed by atoms with Gasteiger partial charge in [0, 0.05) is 16.7 Å². The number of hydrogen-bond donors (Lipinski definition) is 2. The van der Waals surface area contributed by atoms with Crippen molar-refractivity contribution in [2.45, 2.75) is 6.92 Å². The maximum absolute atomic E-state index is 13.3. The van der Waals surface area contributed by atoms with E-state index in [0.29, 0.717) is 11.0 Å². The molecule has 0 radical (unpaired) electrons. The number of nitrogens with one attached hydrogen (secondary N) is 1. The van der Waals surface area contributed by atoms with Crippen LogP contribution < -0.4 is 11.1 Å². The van der Waals surface area contributed by atoms with E-state index in [9.17, 15) is 9.18 Å². The zero-order valence-electron chi connectivity index (χ0n) is 7.60. The molecule has 0 saturated heterocycles. The standard InChI is InChI=1S/C9H10BrFN2O/c1-2-13-9(14)8-6(11)3-5(10)4-7(8)12/h3-4H,2,12H2,1H3,(H,13,14). The summed E-state index contributed by atoms with van der Waals surface area (Å²) in [6.45, 7) is 2.19. The fourth-order valence-electron chi connectivity index (χ4n) is 1.08. The molecule has 0 atom stereocenters. The molecule has 5 heteroatoms. The Morgan fingerprint density at radius 2 is 2.29 bits per heavy atom. The Labute approximate surface area is 89.6 Å². The molecule has 0 unspecified atom stereocenters. The van der Waals surface area contributed by atoms with Crippen molar-refractivity contribution in [3.05, 3.63) is 28.0 Å². The molecule has 0 aliphatic rings. The highest BCUT2D eigenvalue weighted by Crippen LogP contribution is 2.22. The SMILES string of the molecule is CCNC(=O)c1c(N)cc(Br)cc1F. The van der Waals surface area contributed by atoms with Gasteiger partial charge in [-0.3, -0.25) is 4.79 Å². The molecule has 1 rings (SSSR count). The van der Waals surface area contributed by atoms with Gasteiger partial charge in [0.05, 0.1) is 5.56 Å². The molecule has 0 fully saturated rings. The highest BCUT2D eigenvalue weighted by molar-refractivity contribution is 9.10. The number of carbonyl (C=O) groups excluding carboxylic acids is 1. The van der Waals surface area contributed by atoms with Gasteiger partial charge in [-0.05, 0) is 19.1 Å². The Balaban J connectivity index is 3.14. The van der Waals surface area contributed by atoms with Crippen molar-refractivity contribution < 1.29 is 9.18 Å². The molecule has 0 saturated carbocycles. The summed E-state index contributed by atoms with van der Waals surface area (Å²) in [5, 5.41) is 2.49. The number of amides is 1. The first-order chi connectivity index (χ1) is 6.56. The summed E-state index contributed by atoms with van der Waals surface area (Å²) < 4.78 is 13.8. The number of halogens is 2. The van der Waals surface area contributed by atoms with Gasteiger partial charge in [0.1, 0.15) is 5.82 Å². The molecule has 0 aliphatic carbocycles. The van der Waals surface area contributed by atoms with E-state index in [1.807, 2.05) is 0 Å². The molecular weight excluding hydrogens is 251 g/mol. The summed E-state index contributed by atoms with van der Waals surface area (Å²) in [5.74, 6) is -1.11. The predicted molar refractivity (Wildman–Crippen MR) is 56.5 cm³/mol. The van der Waals surface area contributed by atoms with Crippen LogP contribution in [0, 0.1) is 5.82 Å². The van der Waals surface area contributed by atoms with Crippen LogP contribution in [0.3, 0.4) is 0 Å². The van der Waals surface area contributed by atoms with E-state index in [0.717, 1.165) is 0 Å². The summed E-state index contributed by atoms with van der Waals surface area (Å²) in [4.78, 5) is 11.4. The van der Waals surface area contributed by atoms with Crippen LogP contribution in [0.1, 0.15) is 17.3 Å². The lowest BCUT2D eigenvalue weighted by Gasteiger charge is -2.07. The summed E-state index contributed by atoms with van der Waals surface area (Å²) in [5.41, 5.74) is 5.55. The lowest BCUT2D eigenvalue weighted by molar-refractivity contribution is 0.0953. The monoisotopic (exact) mass is 260 g/mol. The third-order valence-corrected chi connectivity index (χ3v) is 2.11. The number of rotatable bonds is 2. The van der Waals surface area contributed by atoms with Crippen molar-refractivity contribution in [2.75, 3.05) is 12.3 Å². The van der Waals surface area contributed by atoms with Crippen molar-refractivity contribution in [1.82, 2.24) is 5.32 Å². The van der Waals surface area contributed by atoms with E-state index < -0.39 is 11.7 Å². The Morgan fingerprint density at radius 3 is 2.79 bits per heavy atom. The summed E-state index contributed by atoms with van der Waals surface area (Å²) >= 11 is 3.08. The molecule has 1 aromatic rings. The van der Waals surface area contributed by atoms with E-state index in [1.165, 1.54) is 12.1 Å². The van der Waals surface area contributed by atoms with E-state index >= 15 is 0 Å². The molecule has 0 spiro atoms. The topological polar surface area (TPSA) is 55.1 Å². The average Bonchev–Trinajstić information content (AvgIpc) is 2.01. The Morgan fingerprint density at radius 1 is 1.64 bits per heavy atom. The van der Waals surface area contributed by atoms with Gasteiger partial charge in [0.15, 0.2) is 0 Å². The quantitative estimate of drug-likeness (QED) is 0.799. The number of hydrogen-bond acceptors (Lipinski definition) is 2. The van der Waals surface area contributed by atoms with Crippen molar-refractivity contribution in [3.63, 3.8) is 0 Å². The van der Waals surface area contributed by atoms with Crippen LogP contribution in [0.5, 0.6) is 0 Å². The van der Waals surface area contributed by atoms with Crippen LogP contribution in [-0.4, -0.2) is 12.5 Å². The van der Waals surface area contributed by atoms with Crippen LogP contribution in [0.25, 0.3) is 0 Å². The largest absolute Gasteiger partial charge is 0.398 e. The lowest BCUT2D eigenvalue weighted by atomic mass is 10.1. The lowest BCUT2D eigenvalue weighted by Crippen LogP contribution is -2.24. The van der Waals surface area contributed by atoms with Gasteiger partial charge in [0.2, 0.25) is 0 Å². The third kappa shape index (κ3) is 2.23. The normalized spacial score (nSPS) is 9.93. The Kier molecular flexibility index (Phi) is 3.46. The average molecular weight is 261 g/mol. The second-order valence-electron chi connectivity index (χ2n) is 2.71. The highest BCUT2D eigenvalue weighted by atomic mass is 79.9. The second-order valence-corrected chi connectivity index (χ2v) is 3.63. The smallest absolute Gasteiger partial charge is 0.256 e. The van der Waals surface area contributed by atoms with Gasteiger partial charge in [-0.15, -0.1) is 0 Å². The van der Waals surface area contributed by atoms with Crippen molar-refractivity contribution >= 4 is 27.5 Å². The molecule has 14 heavy (non-hydrogen) atoms. The fraction of sp³-hybridized carbons (Fsp3) is 0.222. The van der Waals surface area contributed by atoms with Crippen LogP contribution in [0.4, 0.5) is 10.1 Å². The van der Waals surface area contributed by atoms with E-state index in [1.54, 1.807) is 6.92 Å². The van der Waals surface area contributed by atoms with Gasteiger partial charge in [-0.2, -0.15) is 0 Å². The van der Waals surface area contributed by atoms with E-state index in [2.05, 4.69) is 21.2 Å². The molecule has 0 bridgehead atoms. The first-order valence-corrected chi connectivity index (χ1v) is 4.88. The van der Waals surface area contributed by atoms with Gasteiger partial charge in [0.25, 0.3) is 5.91 Å². The minimum Gasteiger partial charge on any atom is -0.398 e. The van der Waals surface area contributed by atoms with E-state index in [4.69, 9.17) is 5.73 Å². The van der Waals surface area contributed by atoms with Crippen LogP contribution in [0.2, 0.25) is 0 Å². The predicted octanol–water partition coefficient (Wildman–Crippen LogP) is 1.92.